The quantitative estimate of drug-likeness (QED) is 0.757. The maximum atomic E-state index is 10.4. The lowest BCUT2D eigenvalue weighted by Crippen LogP contribution is -2.43. The summed E-state index contributed by atoms with van der Waals surface area (Å²) in [6.45, 7) is 2.31. The van der Waals surface area contributed by atoms with E-state index in [0.717, 1.165) is 19.3 Å². The molecule has 20 heavy (non-hydrogen) atoms. The highest BCUT2D eigenvalue weighted by atomic mass is 16.3. The van der Waals surface area contributed by atoms with Crippen LogP contribution < -0.4 is 0 Å². The summed E-state index contributed by atoms with van der Waals surface area (Å²) in [5.41, 5.74) is 2.73. The lowest BCUT2D eigenvalue weighted by Gasteiger charge is -2.50. The smallest absolute Gasteiger partial charge is 0.119 e. The van der Waals surface area contributed by atoms with Crippen molar-refractivity contribution in [3.63, 3.8) is 0 Å². The van der Waals surface area contributed by atoms with Crippen LogP contribution in [0.3, 0.4) is 0 Å². The van der Waals surface area contributed by atoms with E-state index in [1.165, 1.54) is 30.4 Å². The monoisotopic (exact) mass is 272 g/mol. The van der Waals surface area contributed by atoms with Crippen LogP contribution in [0, 0.1) is 17.3 Å². The summed E-state index contributed by atoms with van der Waals surface area (Å²) in [5, 5.41) is 20.5. The van der Waals surface area contributed by atoms with Gasteiger partial charge in [0, 0.05) is 0 Å². The van der Waals surface area contributed by atoms with E-state index in [2.05, 4.69) is 13.0 Å². The first kappa shape index (κ1) is 12.7. The molecule has 0 aliphatic heterocycles. The van der Waals surface area contributed by atoms with Gasteiger partial charge in [0.1, 0.15) is 5.75 Å². The molecular weight excluding hydrogens is 248 g/mol. The molecule has 3 aliphatic rings. The zero-order valence-corrected chi connectivity index (χ0v) is 12.2. The summed E-state index contributed by atoms with van der Waals surface area (Å²) in [6.07, 6.45) is 6.57. The van der Waals surface area contributed by atoms with E-state index in [1.54, 1.807) is 0 Å². The van der Waals surface area contributed by atoms with Gasteiger partial charge >= 0.3 is 0 Å². The van der Waals surface area contributed by atoms with Crippen molar-refractivity contribution in [3.05, 3.63) is 29.3 Å². The minimum absolute atomic E-state index is 0.0981. The van der Waals surface area contributed by atoms with Gasteiger partial charge in [0.15, 0.2) is 0 Å². The molecule has 0 bridgehead atoms. The van der Waals surface area contributed by atoms with Gasteiger partial charge in [-0.25, -0.2) is 0 Å². The minimum atomic E-state index is -0.0981. The number of fused-ring (bicyclic) bond motifs is 5. The van der Waals surface area contributed by atoms with Crippen molar-refractivity contribution in [2.45, 2.75) is 57.5 Å². The molecule has 2 N–H and O–H groups in total. The van der Waals surface area contributed by atoms with Gasteiger partial charge in [0.05, 0.1) is 6.10 Å². The topological polar surface area (TPSA) is 40.5 Å². The molecule has 5 atom stereocenters. The van der Waals surface area contributed by atoms with E-state index >= 15 is 0 Å². The fraction of sp³-hybridized carbons (Fsp3) is 0.667. The molecule has 0 spiro atoms. The summed E-state index contributed by atoms with van der Waals surface area (Å²) >= 11 is 0. The number of phenols is 1. The molecule has 2 fully saturated rings. The number of hydrogen-bond acceptors (Lipinski definition) is 2. The molecule has 0 radical (unpaired) electrons. The predicted molar refractivity (Wildman–Crippen MR) is 78.7 cm³/mol. The molecule has 0 aromatic heterocycles. The van der Waals surface area contributed by atoms with Crippen LogP contribution in [0.25, 0.3) is 0 Å². The first-order valence-electron chi connectivity index (χ1n) is 8.10. The van der Waals surface area contributed by atoms with E-state index in [0.29, 0.717) is 23.5 Å². The maximum Gasteiger partial charge on any atom is 0.119 e. The van der Waals surface area contributed by atoms with E-state index < -0.39 is 0 Å². The van der Waals surface area contributed by atoms with Crippen molar-refractivity contribution in [1.29, 1.82) is 0 Å². The Morgan fingerprint density at radius 3 is 2.85 bits per heavy atom. The molecule has 2 nitrogen and oxygen atoms in total. The predicted octanol–water partition coefficient (Wildman–Crippen LogP) is 3.61. The molecule has 1 aromatic carbocycles. The lowest BCUT2D eigenvalue weighted by molar-refractivity contribution is -0.0227. The molecular formula is C18H24O2. The fourth-order valence-corrected chi connectivity index (χ4v) is 5.57. The fourth-order valence-electron chi connectivity index (χ4n) is 5.57. The highest BCUT2D eigenvalue weighted by Crippen LogP contribution is 2.61. The van der Waals surface area contributed by atoms with Gasteiger partial charge in [-0.3, -0.25) is 0 Å². The normalized spacial score (nSPS) is 42.7. The van der Waals surface area contributed by atoms with Crippen molar-refractivity contribution in [1.82, 2.24) is 0 Å². The molecule has 2 heteroatoms. The Morgan fingerprint density at radius 2 is 2.00 bits per heavy atom. The van der Waals surface area contributed by atoms with Gasteiger partial charge < -0.3 is 10.2 Å². The Labute approximate surface area is 120 Å². The van der Waals surface area contributed by atoms with Crippen LogP contribution in [0.1, 0.15) is 56.1 Å². The molecule has 108 valence electrons. The van der Waals surface area contributed by atoms with Crippen molar-refractivity contribution < 1.29 is 10.2 Å². The number of phenolic OH excluding ortho intramolecular Hbond substituents is 1. The Morgan fingerprint density at radius 1 is 1.15 bits per heavy atom. The molecule has 0 heterocycles. The van der Waals surface area contributed by atoms with Crippen LogP contribution >= 0.6 is 0 Å². The summed E-state index contributed by atoms with van der Waals surface area (Å²) in [7, 11) is 0. The highest BCUT2D eigenvalue weighted by molar-refractivity contribution is 5.43. The van der Waals surface area contributed by atoms with Crippen molar-refractivity contribution in [2.75, 3.05) is 0 Å². The second-order valence-electron chi connectivity index (χ2n) is 7.40. The van der Waals surface area contributed by atoms with E-state index in [9.17, 15) is 10.2 Å². The Hall–Kier alpha value is -1.02. The van der Waals surface area contributed by atoms with E-state index in [-0.39, 0.29) is 11.5 Å². The molecule has 3 aliphatic carbocycles. The van der Waals surface area contributed by atoms with Gasteiger partial charge in [-0.05, 0) is 78.9 Å². The number of rotatable bonds is 0. The van der Waals surface area contributed by atoms with Gasteiger partial charge in [-0.2, -0.15) is 0 Å². The van der Waals surface area contributed by atoms with Crippen molar-refractivity contribution in [3.8, 4) is 5.75 Å². The van der Waals surface area contributed by atoms with Gasteiger partial charge in [-0.1, -0.05) is 19.1 Å². The molecule has 0 saturated heterocycles. The van der Waals surface area contributed by atoms with Crippen LogP contribution in [0.15, 0.2) is 18.2 Å². The Balaban J connectivity index is 1.73. The van der Waals surface area contributed by atoms with E-state index in [4.69, 9.17) is 0 Å². The summed E-state index contributed by atoms with van der Waals surface area (Å²) < 4.78 is 0. The number of hydrogen-bond donors (Lipinski definition) is 2. The van der Waals surface area contributed by atoms with Gasteiger partial charge in [0.25, 0.3) is 0 Å². The molecule has 1 aromatic rings. The van der Waals surface area contributed by atoms with Crippen molar-refractivity contribution in [2.24, 2.45) is 17.3 Å². The minimum Gasteiger partial charge on any atom is -0.508 e. The van der Waals surface area contributed by atoms with Crippen LogP contribution in [-0.4, -0.2) is 16.3 Å². The highest BCUT2D eigenvalue weighted by Gasteiger charge is 2.54. The van der Waals surface area contributed by atoms with Gasteiger partial charge in [0.2, 0.25) is 0 Å². The Kier molecular flexibility index (Phi) is 2.69. The Bertz CT molecular complexity index is 538. The number of aliphatic hydroxyl groups is 1. The number of benzene rings is 1. The second-order valence-corrected chi connectivity index (χ2v) is 7.40. The zero-order chi connectivity index (χ0) is 13.9. The molecule has 0 unspecified atom stereocenters. The van der Waals surface area contributed by atoms with Crippen LogP contribution in [-0.2, 0) is 6.42 Å². The zero-order valence-electron chi connectivity index (χ0n) is 12.2. The molecule has 2 saturated carbocycles. The number of aliphatic hydroxyl groups excluding tert-OH is 1. The second kappa shape index (κ2) is 4.24. The third-order valence-corrected chi connectivity index (χ3v) is 6.70. The first-order valence-corrected chi connectivity index (χ1v) is 8.10. The van der Waals surface area contributed by atoms with Crippen LogP contribution in [0.4, 0.5) is 0 Å². The maximum absolute atomic E-state index is 10.4. The number of aromatic hydroxyl groups is 1. The summed E-state index contributed by atoms with van der Waals surface area (Å²) in [6, 6.07) is 6.04. The average Bonchev–Trinajstić information content (AvgIpc) is 2.75. The largest absolute Gasteiger partial charge is 0.508 e. The molecule has 0 amide bonds. The van der Waals surface area contributed by atoms with Crippen molar-refractivity contribution >= 4 is 0 Å². The van der Waals surface area contributed by atoms with Crippen LogP contribution in [0.5, 0.6) is 5.75 Å². The summed E-state index contributed by atoms with van der Waals surface area (Å²) in [4.78, 5) is 0. The average molecular weight is 272 g/mol. The lowest BCUT2D eigenvalue weighted by atomic mass is 9.55. The van der Waals surface area contributed by atoms with Gasteiger partial charge in [-0.15, -0.1) is 0 Å². The SMILES string of the molecule is C[C@]12CC[C@@H]3c4cccc(O)c4CC[C@H]3[C@@H]1CC[C@@H]2O. The third-order valence-electron chi connectivity index (χ3n) is 6.70. The third kappa shape index (κ3) is 1.54. The standard InChI is InChI=1S/C18H24O2/c1-18-10-9-12-11-3-2-4-16(19)14(11)6-5-13(12)15(18)7-8-17(18)20/h2-4,12-13,15,17,19-20H,5-10H2,1H3/t12-,13-,15+,17+,18+/m1/s1. The molecule has 4 rings (SSSR count). The first-order chi connectivity index (χ1) is 9.61. The van der Waals surface area contributed by atoms with Crippen LogP contribution in [0.2, 0.25) is 0 Å². The summed E-state index contributed by atoms with van der Waals surface area (Å²) in [5.74, 6) is 2.47. The van der Waals surface area contributed by atoms with E-state index in [1.807, 2.05) is 12.1 Å².